The second kappa shape index (κ2) is 8.62. The molecule has 2 aromatic carbocycles. The number of hydrogen-bond acceptors (Lipinski definition) is 6. The smallest absolute Gasteiger partial charge is 0.337 e. The van der Waals surface area contributed by atoms with Crippen LogP contribution in [0.2, 0.25) is 0 Å². The molecule has 0 bridgehead atoms. The Bertz CT molecular complexity index is 1180. The highest BCUT2D eigenvalue weighted by Crippen LogP contribution is 2.33. The van der Waals surface area contributed by atoms with Gasteiger partial charge in [-0.1, -0.05) is 24.3 Å². The maximum atomic E-state index is 11.6. The number of nitriles is 1. The number of ether oxygens (including phenoxy) is 1. The minimum Gasteiger partial charge on any atom is -0.478 e. The summed E-state index contributed by atoms with van der Waals surface area (Å²) in [5.74, 6) is -0.221. The highest BCUT2D eigenvalue weighted by atomic mass is 16.5. The lowest BCUT2D eigenvalue weighted by atomic mass is 9.97. The van der Waals surface area contributed by atoms with Crippen LogP contribution in [0.15, 0.2) is 42.5 Å². The van der Waals surface area contributed by atoms with Crippen molar-refractivity contribution in [1.29, 1.82) is 5.26 Å². The largest absolute Gasteiger partial charge is 0.478 e. The summed E-state index contributed by atoms with van der Waals surface area (Å²) >= 11 is 0. The number of morpholine rings is 1. The third-order valence-electron chi connectivity index (χ3n) is 5.64. The molecule has 0 aliphatic carbocycles. The summed E-state index contributed by atoms with van der Waals surface area (Å²) in [5.41, 5.74) is 3.99. The Morgan fingerprint density at radius 3 is 2.71 bits per heavy atom. The van der Waals surface area contributed by atoms with Crippen molar-refractivity contribution < 1.29 is 14.6 Å². The Balaban J connectivity index is 1.81. The number of nitrogens with zero attached hydrogens (tertiary/aromatic N) is 3. The van der Waals surface area contributed by atoms with Crippen LogP contribution in [-0.4, -0.2) is 42.4 Å². The first kappa shape index (κ1) is 20.6. The molecule has 158 valence electrons. The van der Waals surface area contributed by atoms with Crippen LogP contribution in [0.4, 0.5) is 11.5 Å². The number of carboxylic acid groups (broad SMARTS) is 1. The summed E-state index contributed by atoms with van der Waals surface area (Å²) in [6, 6.07) is 14.8. The van der Waals surface area contributed by atoms with E-state index in [0.717, 1.165) is 40.9 Å². The molecule has 4 rings (SSSR count). The van der Waals surface area contributed by atoms with Crippen LogP contribution in [-0.2, 0) is 4.74 Å². The van der Waals surface area contributed by atoms with Crippen molar-refractivity contribution in [3.63, 3.8) is 0 Å². The molecule has 0 radical (unpaired) electrons. The van der Waals surface area contributed by atoms with Gasteiger partial charge < -0.3 is 20.1 Å². The number of carboxylic acids is 1. The van der Waals surface area contributed by atoms with E-state index in [1.54, 1.807) is 24.3 Å². The summed E-state index contributed by atoms with van der Waals surface area (Å²) in [6.07, 6.45) is 0. The lowest BCUT2D eigenvalue weighted by Crippen LogP contribution is -2.36. The standard InChI is InChI=1S/C24H24N4O3/c1-15-7-8-18(16(2)26-20-6-4-3-5-19(20)24(29)30)23-22(15)17(14-25)13-21(27-23)28-9-11-31-12-10-28/h3-8,13,16,26H,9-12H2,1-2H3,(H,29,30). The number of aromatic carboxylic acids is 1. The van der Waals surface area contributed by atoms with Gasteiger partial charge in [-0.3, -0.25) is 0 Å². The van der Waals surface area contributed by atoms with Crippen molar-refractivity contribution in [1.82, 2.24) is 4.98 Å². The molecule has 1 aliphatic rings. The third kappa shape index (κ3) is 4.03. The molecule has 3 aromatic rings. The van der Waals surface area contributed by atoms with Crippen molar-refractivity contribution in [2.75, 3.05) is 36.5 Å². The van der Waals surface area contributed by atoms with Gasteiger partial charge in [0, 0.05) is 29.7 Å². The Hall–Kier alpha value is -3.63. The molecule has 0 saturated carbocycles. The van der Waals surface area contributed by atoms with Gasteiger partial charge in [0.1, 0.15) is 5.82 Å². The molecule has 2 heterocycles. The second-order valence-electron chi connectivity index (χ2n) is 7.65. The minimum atomic E-state index is -0.983. The predicted octanol–water partition coefficient (Wildman–Crippen LogP) is 4.12. The van der Waals surface area contributed by atoms with Crippen LogP contribution >= 0.6 is 0 Å². The molecule has 2 N–H and O–H groups in total. The molecule has 7 nitrogen and oxygen atoms in total. The molecule has 1 saturated heterocycles. The van der Waals surface area contributed by atoms with Crippen LogP contribution in [0.3, 0.4) is 0 Å². The van der Waals surface area contributed by atoms with E-state index in [-0.39, 0.29) is 11.6 Å². The highest BCUT2D eigenvalue weighted by molar-refractivity contribution is 5.95. The molecule has 1 unspecified atom stereocenters. The van der Waals surface area contributed by atoms with Crippen LogP contribution in [0, 0.1) is 18.3 Å². The lowest BCUT2D eigenvalue weighted by Gasteiger charge is -2.29. The minimum absolute atomic E-state index is 0.213. The van der Waals surface area contributed by atoms with Crippen molar-refractivity contribution in [2.24, 2.45) is 0 Å². The zero-order valence-corrected chi connectivity index (χ0v) is 17.6. The number of carbonyl (C=O) groups is 1. The van der Waals surface area contributed by atoms with E-state index in [1.807, 2.05) is 32.0 Å². The fourth-order valence-electron chi connectivity index (χ4n) is 4.02. The van der Waals surface area contributed by atoms with Gasteiger partial charge >= 0.3 is 5.97 Å². The molecular formula is C24H24N4O3. The molecule has 1 aromatic heterocycles. The molecule has 1 aliphatic heterocycles. The van der Waals surface area contributed by atoms with Gasteiger partial charge in [0.05, 0.1) is 42.0 Å². The first-order chi connectivity index (χ1) is 15.0. The van der Waals surface area contributed by atoms with Gasteiger partial charge in [-0.2, -0.15) is 5.26 Å². The number of aromatic nitrogens is 1. The predicted molar refractivity (Wildman–Crippen MR) is 120 cm³/mol. The average Bonchev–Trinajstić information content (AvgIpc) is 2.79. The summed E-state index contributed by atoms with van der Waals surface area (Å²) < 4.78 is 5.45. The van der Waals surface area contributed by atoms with E-state index in [1.165, 1.54) is 0 Å². The topological polar surface area (TPSA) is 98.5 Å². The maximum absolute atomic E-state index is 11.6. The van der Waals surface area contributed by atoms with Gasteiger partial charge in [0.15, 0.2) is 0 Å². The second-order valence-corrected chi connectivity index (χ2v) is 7.65. The Morgan fingerprint density at radius 2 is 2.00 bits per heavy atom. The van der Waals surface area contributed by atoms with Gasteiger partial charge in [-0.05, 0) is 37.6 Å². The molecule has 0 spiro atoms. The summed E-state index contributed by atoms with van der Waals surface area (Å²) in [4.78, 5) is 18.7. The molecule has 0 amide bonds. The zero-order valence-electron chi connectivity index (χ0n) is 17.6. The van der Waals surface area contributed by atoms with Gasteiger partial charge in [-0.15, -0.1) is 0 Å². The van der Waals surface area contributed by atoms with Crippen molar-refractivity contribution in [3.05, 3.63) is 64.7 Å². The van der Waals surface area contributed by atoms with Gasteiger partial charge in [0.2, 0.25) is 0 Å². The van der Waals surface area contributed by atoms with Gasteiger partial charge in [0.25, 0.3) is 0 Å². The van der Waals surface area contributed by atoms with Crippen molar-refractivity contribution in [3.8, 4) is 6.07 Å². The fourth-order valence-corrected chi connectivity index (χ4v) is 4.02. The Labute approximate surface area is 180 Å². The molecule has 1 atom stereocenters. The number of pyridine rings is 1. The van der Waals surface area contributed by atoms with E-state index in [2.05, 4.69) is 16.3 Å². The molecule has 1 fully saturated rings. The number of anilines is 2. The van der Waals surface area contributed by atoms with E-state index in [9.17, 15) is 15.2 Å². The Kier molecular flexibility index (Phi) is 5.74. The SMILES string of the molecule is Cc1ccc(C(C)Nc2ccccc2C(=O)O)c2nc(N3CCOCC3)cc(C#N)c12. The maximum Gasteiger partial charge on any atom is 0.337 e. The summed E-state index contributed by atoms with van der Waals surface area (Å²) in [7, 11) is 0. The zero-order chi connectivity index (χ0) is 22.0. The normalized spacial score (nSPS) is 14.8. The third-order valence-corrected chi connectivity index (χ3v) is 5.64. The molecular weight excluding hydrogens is 392 g/mol. The lowest BCUT2D eigenvalue weighted by molar-refractivity contribution is 0.0698. The fraction of sp³-hybridized carbons (Fsp3) is 0.292. The van der Waals surface area contributed by atoms with Gasteiger partial charge in [-0.25, -0.2) is 9.78 Å². The molecule has 31 heavy (non-hydrogen) atoms. The number of fused-ring (bicyclic) bond motifs is 1. The quantitative estimate of drug-likeness (QED) is 0.645. The van der Waals surface area contributed by atoms with Crippen molar-refractivity contribution in [2.45, 2.75) is 19.9 Å². The number of hydrogen-bond donors (Lipinski definition) is 2. The number of benzene rings is 2. The first-order valence-electron chi connectivity index (χ1n) is 10.3. The monoisotopic (exact) mass is 416 g/mol. The van der Waals surface area contributed by atoms with Crippen molar-refractivity contribution >= 4 is 28.4 Å². The summed E-state index contributed by atoms with van der Waals surface area (Å²) in [6.45, 7) is 6.66. The average molecular weight is 416 g/mol. The van der Waals surface area contributed by atoms with E-state index in [4.69, 9.17) is 9.72 Å². The number of rotatable bonds is 5. The van der Waals surface area contributed by atoms with Crippen LogP contribution in [0.1, 0.15) is 40.0 Å². The van der Waals surface area contributed by atoms with Crippen LogP contribution in [0.5, 0.6) is 0 Å². The van der Waals surface area contributed by atoms with E-state index < -0.39 is 5.97 Å². The molecule has 7 heteroatoms. The summed E-state index contributed by atoms with van der Waals surface area (Å²) in [5, 5.41) is 23.5. The highest BCUT2D eigenvalue weighted by Gasteiger charge is 2.20. The van der Waals surface area contributed by atoms with Crippen LogP contribution < -0.4 is 10.2 Å². The number of aryl methyl sites for hydroxylation is 1. The van der Waals surface area contributed by atoms with E-state index >= 15 is 0 Å². The van der Waals surface area contributed by atoms with E-state index in [0.29, 0.717) is 24.5 Å². The Morgan fingerprint density at radius 1 is 1.26 bits per heavy atom. The number of nitrogens with one attached hydrogen (secondary N) is 1. The number of para-hydroxylation sites is 1. The first-order valence-corrected chi connectivity index (χ1v) is 10.3. The van der Waals surface area contributed by atoms with Crippen LogP contribution in [0.25, 0.3) is 10.9 Å².